The van der Waals surface area contributed by atoms with Crippen molar-refractivity contribution in [2.45, 2.75) is 44.4 Å². The van der Waals surface area contributed by atoms with Gasteiger partial charge in [-0.05, 0) is 42.5 Å². The molecule has 1 aromatic carbocycles. The molecule has 5 nitrogen and oxygen atoms in total. The number of carbonyl (C=O) groups is 1. The number of aromatic nitrogens is 2. The first-order chi connectivity index (χ1) is 12.0. The summed E-state index contributed by atoms with van der Waals surface area (Å²) >= 11 is 7.13. The zero-order chi connectivity index (χ0) is 17.8. The lowest BCUT2D eigenvalue weighted by Gasteiger charge is -2.34. The highest BCUT2D eigenvalue weighted by Crippen LogP contribution is 2.30. The van der Waals surface area contributed by atoms with E-state index in [0.29, 0.717) is 28.0 Å². The minimum atomic E-state index is 0.0159. The molecule has 0 bridgehead atoms. The van der Waals surface area contributed by atoms with Crippen LogP contribution in [0.1, 0.15) is 33.1 Å². The first kappa shape index (κ1) is 18.3. The second-order valence-electron chi connectivity index (χ2n) is 6.61. The maximum atomic E-state index is 12.2. The van der Waals surface area contributed by atoms with Crippen LogP contribution in [-0.2, 0) is 4.79 Å². The summed E-state index contributed by atoms with van der Waals surface area (Å²) in [6.07, 6.45) is 3.48. The second-order valence-corrected chi connectivity index (χ2v) is 7.97. The Hall–Kier alpha value is -1.53. The number of rotatable bonds is 5. The van der Waals surface area contributed by atoms with Gasteiger partial charge in [0.1, 0.15) is 0 Å². The summed E-state index contributed by atoms with van der Waals surface area (Å²) < 4.78 is 5.61. The van der Waals surface area contributed by atoms with E-state index in [1.54, 1.807) is 12.1 Å². The van der Waals surface area contributed by atoms with E-state index in [1.807, 2.05) is 12.1 Å². The number of nitrogens with one attached hydrogen (secondary N) is 1. The zero-order valence-electron chi connectivity index (χ0n) is 14.4. The molecule has 1 saturated carbocycles. The zero-order valence-corrected chi connectivity index (χ0v) is 15.9. The standard InChI is InChI=1S/C18H22ClN3O2S/c1-11-4-3-5-15(12(11)2)20-16(23)10-25-18-22-21-17(24-18)13-6-8-14(19)9-7-13/h6-9,11-12,15H,3-5,10H2,1-2H3,(H,20,23). The van der Waals surface area contributed by atoms with Crippen LogP contribution in [0.5, 0.6) is 0 Å². The van der Waals surface area contributed by atoms with Crippen molar-refractivity contribution in [1.82, 2.24) is 15.5 Å². The quantitative estimate of drug-likeness (QED) is 0.778. The molecule has 0 saturated heterocycles. The number of thioether (sulfide) groups is 1. The first-order valence-electron chi connectivity index (χ1n) is 8.54. The van der Waals surface area contributed by atoms with Crippen LogP contribution >= 0.6 is 23.4 Å². The van der Waals surface area contributed by atoms with E-state index >= 15 is 0 Å². The Morgan fingerprint density at radius 1 is 1.28 bits per heavy atom. The third-order valence-corrected chi connectivity index (χ3v) is 5.95. The smallest absolute Gasteiger partial charge is 0.277 e. The van der Waals surface area contributed by atoms with Crippen LogP contribution in [0.25, 0.3) is 11.5 Å². The molecular formula is C18H22ClN3O2S. The van der Waals surface area contributed by atoms with Crippen molar-refractivity contribution in [1.29, 1.82) is 0 Å². The van der Waals surface area contributed by atoms with Crippen molar-refractivity contribution >= 4 is 29.3 Å². The van der Waals surface area contributed by atoms with Crippen molar-refractivity contribution in [3.63, 3.8) is 0 Å². The molecule has 25 heavy (non-hydrogen) atoms. The molecule has 1 N–H and O–H groups in total. The van der Waals surface area contributed by atoms with E-state index in [1.165, 1.54) is 24.6 Å². The summed E-state index contributed by atoms with van der Waals surface area (Å²) in [4.78, 5) is 12.2. The van der Waals surface area contributed by atoms with Gasteiger partial charge in [-0.15, -0.1) is 10.2 Å². The molecule has 7 heteroatoms. The molecule has 0 spiro atoms. The summed E-state index contributed by atoms with van der Waals surface area (Å²) in [5.41, 5.74) is 0.804. The number of benzene rings is 1. The maximum absolute atomic E-state index is 12.2. The number of amides is 1. The van der Waals surface area contributed by atoms with Gasteiger partial charge in [0.15, 0.2) is 0 Å². The van der Waals surface area contributed by atoms with Gasteiger partial charge in [0.25, 0.3) is 5.22 Å². The van der Waals surface area contributed by atoms with Gasteiger partial charge in [-0.1, -0.05) is 50.1 Å². The predicted molar refractivity (Wildman–Crippen MR) is 99.6 cm³/mol. The minimum absolute atomic E-state index is 0.0159. The minimum Gasteiger partial charge on any atom is -0.411 e. The van der Waals surface area contributed by atoms with Gasteiger partial charge >= 0.3 is 0 Å². The monoisotopic (exact) mass is 379 g/mol. The second kappa shape index (κ2) is 8.23. The van der Waals surface area contributed by atoms with E-state index in [2.05, 4.69) is 29.4 Å². The van der Waals surface area contributed by atoms with Gasteiger partial charge in [-0.3, -0.25) is 4.79 Å². The number of halogens is 1. The Morgan fingerprint density at radius 3 is 2.80 bits per heavy atom. The molecule has 1 fully saturated rings. The Labute approximate surface area is 156 Å². The molecular weight excluding hydrogens is 358 g/mol. The molecule has 1 heterocycles. The lowest BCUT2D eigenvalue weighted by Crippen LogP contribution is -2.44. The highest BCUT2D eigenvalue weighted by molar-refractivity contribution is 7.99. The van der Waals surface area contributed by atoms with Crippen LogP contribution in [0, 0.1) is 11.8 Å². The number of hydrogen-bond donors (Lipinski definition) is 1. The summed E-state index contributed by atoms with van der Waals surface area (Å²) in [5, 5.41) is 12.2. The summed E-state index contributed by atoms with van der Waals surface area (Å²) in [5.74, 6) is 1.89. The van der Waals surface area contributed by atoms with Gasteiger partial charge in [0.2, 0.25) is 11.8 Å². The van der Waals surface area contributed by atoms with Gasteiger partial charge in [0.05, 0.1) is 5.75 Å². The van der Waals surface area contributed by atoms with E-state index in [4.69, 9.17) is 16.0 Å². The van der Waals surface area contributed by atoms with Crippen molar-refractivity contribution in [3.8, 4) is 11.5 Å². The number of hydrogen-bond acceptors (Lipinski definition) is 5. The van der Waals surface area contributed by atoms with Crippen LogP contribution in [0.2, 0.25) is 5.02 Å². The molecule has 1 aromatic heterocycles. The van der Waals surface area contributed by atoms with Crippen molar-refractivity contribution in [2.75, 3.05) is 5.75 Å². The molecule has 3 rings (SSSR count). The van der Waals surface area contributed by atoms with Gasteiger partial charge in [-0.25, -0.2) is 0 Å². The molecule has 1 aliphatic carbocycles. The largest absolute Gasteiger partial charge is 0.411 e. The Morgan fingerprint density at radius 2 is 2.04 bits per heavy atom. The van der Waals surface area contributed by atoms with E-state index in [0.717, 1.165) is 12.0 Å². The summed E-state index contributed by atoms with van der Waals surface area (Å²) in [6, 6.07) is 7.45. The predicted octanol–water partition coefficient (Wildman–Crippen LogP) is 4.42. The fourth-order valence-corrected chi connectivity index (χ4v) is 3.84. The molecule has 0 radical (unpaired) electrons. The lowest BCUT2D eigenvalue weighted by molar-refractivity contribution is -0.120. The molecule has 134 valence electrons. The van der Waals surface area contributed by atoms with Crippen molar-refractivity contribution in [3.05, 3.63) is 29.3 Å². The Balaban J connectivity index is 1.52. The molecule has 3 unspecified atom stereocenters. The fourth-order valence-electron chi connectivity index (χ4n) is 3.14. The van der Waals surface area contributed by atoms with Gasteiger partial charge in [-0.2, -0.15) is 0 Å². The van der Waals surface area contributed by atoms with Crippen LogP contribution in [0.4, 0.5) is 0 Å². The van der Waals surface area contributed by atoms with Crippen LogP contribution in [0.15, 0.2) is 33.9 Å². The summed E-state index contributed by atoms with van der Waals surface area (Å²) in [6.45, 7) is 4.48. The SMILES string of the molecule is CC1CCCC(NC(=O)CSc2nnc(-c3ccc(Cl)cc3)o2)C1C. The van der Waals surface area contributed by atoms with Gasteiger partial charge in [0, 0.05) is 16.6 Å². The third-order valence-electron chi connectivity index (χ3n) is 4.88. The topological polar surface area (TPSA) is 68.0 Å². The van der Waals surface area contributed by atoms with Crippen LogP contribution < -0.4 is 5.32 Å². The van der Waals surface area contributed by atoms with E-state index in [9.17, 15) is 4.79 Å². The molecule has 1 aliphatic rings. The maximum Gasteiger partial charge on any atom is 0.277 e. The average Bonchev–Trinajstić information content (AvgIpc) is 3.07. The van der Waals surface area contributed by atoms with Gasteiger partial charge < -0.3 is 9.73 Å². The number of nitrogens with zero attached hydrogens (tertiary/aromatic N) is 2. The first-order valence-corrected chi connectivity index (χ1v) is 9.91. The highest BCUT2D eigenvalue weighted by Gasteiger charge is 2.28. The van der Waals surface area contributed by atoms with Crippen LogP contribution in [-0.4, -0.2) is 27.9 Å². The van der Waals surface area contributed by atoms with Crippen LogP contribution in [0.3, 0.4) is 0 Å². The summed E-state index contributed by atoms with van der Waals surface area (Å²) in [7, 11) is 0. The number of carbonyl (C=O) groups excluding carboxylic acids is 1. The normalized spacial score (nSPS) is 23.4. The Bertz CT molecular complexity index is 719. The van der Waals surface area contributed by atoms with Crippen molar-refractivity contribution in [2.24, 2.45) is 11.8 Å². The van der Waals surface area contributed by atoms with E-state index < -0.39 is 0 Å². The molecule has 3 atom stereocenters. The molecule has 1 amide bonds. The molecule has 0 aliphatic heterocycles. The average molecular weight is 380 g/mol. The van der Waals surface area contributed by atoms with Crippen molar-refractivity contribution < 1.29 is 9.21 Å². The van der Waals surface area contributed by atoms with E-state index in [-0.39, 0.29) is 17.7 Å². The third kappa shape index (κ3) is 4.76. The highest BCUT2D eigenvalue weighted by atomic mass is 35.5. The Kier molecular flexibility index (Phi) is 6.02. The lowest BCUT2D eigenvalue weighted by atomic mass is 9.78. The molecule has 2 aromatic rings. The fraction of sp³-hybridized carbons (Fsp3) is 0.500.